The predicted molar refractivity (Wildman–Crippen MR) is 74.7 cm³/mol. The molecule has 1 aromatic heterocycles. The topological polar surface area (TPSA) is 71.5 Å². The summed E-state index contributed by atoms with van der Waals surface area (Å²) in [5.41, 5.74) is 0.973. The number of aromatic carboxylic acids is 1. The lowest BCUT2D eigenvalue weighted by atomic mass is 10.1. The number of aryl methyl sites for hydroxylation is 1. The van der Waals surface area contributed by atoms with E-state index in [1.807, 2.05) is 6.92 Å². The highest BCUT2D eigenvalue weighted by Gasteiger charge is 2.10. The fourth-order valence-electron chi connectivity index (χ4n) is 1.53. The molecule has 1 heterocycles. The van der Waals surface area contributed by atoms with Gasteiger partial charge in [0.1, 0.15) is 11.4 Å². The molecule has 1 rings (SSSR count). The van der Waals surface area contributed by atoms with E-state index >= 15 is 0 Å². The summed E-state index contributed by atoms with van der Waals surface area (Å²) in [5, 5.41) is 12.1. The van der Waals surface area contributed by atoms with Crippen molar-refractivity contribution in [3.63, 3.8) is 0 Å². The molecule has 0 fully saturated rings. The molecule has 0 spiro atoms. The van der Waals surface area contributed by atoms with E-state index in [-0.39, 0.29) is 5.56 Å². The smallest absolute Gasteiger partial charge is 0.339 e. The van der Waals surface area contributed by atoms with Crippen molar-refractivity contribution in [2.75, 3.05) is 25.1 Å². The number of hydrogen-bond acceptors (Lipinski definition) is 4. The molecule has 19 heavy (non-hydrogen) atoms. The first-order valence-electron chi connectivity index (χ1n) is 6.53. The third-order valence-corrected chi connectivity index (χ3v) is 2.64. The van der Waals surface area contributed by atoms with Crippen molar-refractivity contribution in [2.24, 2.45) is 5.92 Å². The Morgan fingerprint density at radius 1 is 1.42 bits per heavy atom. The van der Waals surface area contributed by atoms with Gasteiger partial charge < -0.3 is 15.2 Å². The molecule has 0 unspecified atom stereocenters. The number of rotatable bonds is 8. The third-order valence-electron chi connectivity index (χ3n) is 2.64. The highest BCUT2D eigenvalue weighted by atomic mass is 16.5. The molecule has 5 heteroatoms. The van der Waals surface area contributed by atoms with Crippen LogP contribution in [0.3, 0.4) is 0 Å². The molecule has 106 valence electrons. The molecule has 0 bridgehead atoms. The van der Waals surface area contributed by atoms with Crippen molar-refractivity contribution in [2.45, 2.75) is 27.2 Å². The van der Waals surface area contributed by atoms with Gasteiger partial charge in [0.05, 0.1) is 6.61 Å². The number of hydrogen-bond donors (Lipinski definition) is 2. The Morgan fingerprint density at radius 3 is 2.79 bits per heavy atom. The lowest BCUT2D eigenvalue weighted by molar-refractivity contribution is 0.0697. The van der Waals surface area contributed by atoms with Crippen LogP contribution in [0.4, 0.5) is 5.82 Å². The van der Waals surface area contributed by atoms with Crippen LogP contribution in [0, 0.1) is 12.8 Å². The van der Waals surface area contributed by atoms with E-state index in [1.165, 1.54) is 0 Å². The van der Waals surface area contributed by atoms with Crippen molar-refractivity contribution in [1.29, 1.82) is 0 Å². The first-order chi connectivity index (χ1) is 9.00. The molecule has 2 N–H and O–H groups in total. The summed E-state index contributed by atoms with van der Waals surface area (Å²) in [6, 6.07) is 3.25. The highest BCUT2D eigenvalue weighted by Crippen LogP contribution is 2.13. The van der Waals surface area contributed by atoms with E-state index in [9.17, 15) is 4.79 Å². The molecule has 0 aliphatic carbocycles. The van der Waals surface area contributed by atoms with E-state index in [4.69, 9.17) is 9.84 Å². The molecule has 0 aromatic carbocycles. The summed E-state index contributed by atoms with van der Waals surface area (Å²) >= 11 is 0. The van der Waals surface area contributed by atoms with Crippen LogP contribution in [0.15, 0.2) is 12.1 Å². The Bertz CT molecular complexity index is 419. The van der Waals surface area contributed by atoms with Crippen LogP contribution in [0.25, 0.3) is 0 Å². The van der Waals surface area contributed by atoms with E-state index in [0.29, 0.717) is 24.9 Å². The van der Waals surface area contributed by atoms with Crippen LogP contribution in [-0.4, -0.2) is 35.8 Å². The molecule has 0 saturated carbocycles. The average molecular weight is 266 g/mol. The fraction of sp³-hybridized carbons (Fsp3) is 0.571. The highest BCUT2D eigenvalue weighted by molar-refractivity contribution is 5.93. The molecule has 0 aliphatic rings. The second-order valence-electron chi connectivity index (χ2n) is 4.88. The number of nitrogens with zero attached hydrogens (tertiary/aromatic N) is 1. The van der Waals surface area contributed by atoms with E-state index in [2.05, 4.69) is 24.1 Å². The summed E-state index contributed by atoms with van der Waals surface area (Å²) < 4.78 is 5.46. The Hall–Kier alpha value is -1.62. The minimum atomic E-state index is -0.976. The normalized spacial score (nSPS) is 10.7. The van der Waals surface area contributed by atoms with Gasteiger partial charge in [-0.15, -0.1) is 0 Å². The number of anilines is 1. The first-order valence-corrected chi connectivity index (χ1v) is 6.53. The summed E-state index contributed by atoms with van der Waals surface area (Å²) in [4.78, 5) is 15.2. The molecular formula is C14H22N2O3. The van der Waals surface area contributed by atoms with Crippen molar-refractivity contribution in [3.05, 3.63) is 23.4 Å². The van der Waals surface area contributed by atoms with E-state index < -0.39 is 5.97 Å². The van der Waals surface area contributed by atoms with Gasteiger partial charge >= 0.3 is 5.97 Å². The Kier molecular flexibility index (Phi) is 6.29. The SMILES string of the molecule is Cc1ccc(C(=O)O)c(NCCOCCC(C)C)n1. The lowest BCUT2D eigenvalue weighted by Gasteiger charge is -2.10. The molecule has 5 nitrogen and oxygen atoms in total. The number of aromatic nitrogens is 1. The average Bonchev–Trinajstić information content (AvgIpc) is 2.33. The molecule has 0 amide bonds. The van der Waals surface area contributed by atoms with Crippen molar-refractivity contribution in [3.8, 4) is 0 Å². The molecular weight excluding hydrogens is 244 g/mol. The van der Waals surface area contributed by atoms with Gasteiger partial charge in [-0.3, -0.25) is 0 Å². The Morgan fingerprint density at radius 2 is 2.16 bits per heavy atom. The molecule has 0 atom stereocenters. The number of ether oxygens (including phenoxy) is 1. The second kappa shape index (κ2) is 7.74. The number of pyridine rings is 1. The number of carboxylic acids is 1. The van der Waals surface area contributed by atoms with Gasteiger partial charge in [0.2, 0.25) is 0 Å². The van der Waals surface area contributed by atoms with Gasteiger partial charge in [0.25, 0.3) is 0 Å². The zero-order chi connectivity index (χ0) is 14.3. The molecule has 0 saturated heterocycles. The number of carboxylic acid groups (broad SMARTS) is 1. The lowest BCUT2D eigenvalue weighted by Crippen LogP contribution is -2.14. The van der Waals surface area contributed by atoms with Gasteiger partial charge in [-0.2, -0.15) is 0 Å². The van der Waals surface area contributed by atoms with Crippen LogP contribution in [0.2, 0.25) is 0 Å². The van der Waals surface area contributed by atoms with Crippen LogP contribution in [0.1, 0.15) is 36.3 Å². The van der Waals surface area contributed by atoms with Crippen molar-refractivity contribution < 1.29 is 14.6 Å². The van der Waals surface area contributed by atoms with Gasteiger partial charge in [0, 0.05) is 18.8 Å². The summed E-state index contributed by atoms with van der Waals surface area (Å²) in [6.07, 6.45) is 1.03. The Labute approximate surface area is 114 Å². The van der Waals surface area contributed by atoms with Gasteiger partial charge in [-0.25, -0.2) is 9.78 Å². The van der Waals surface area contributed by atoms with E-state index in [0.717, 1.165) is 18.7 Å². The van der Waals surface area contributed by atoms with E-state index in [1.54, 1.807) is 12.1 Å². The second-order valence-corrected chi connectivity index (χ2v) is 4.88. The quantitative estimate of drug-likeness (QED) is 0.708. The largest absolute Gasteiger partial charge is 0.478 e. The van der Waals surface area contributed by atoms with Gasteiger partial charge in [-0.05, 0) is 31.4 Å². The molecule has 0 radical (unpaired) electrons. The molecule has 0 aliphatic heterocycles. The van der Waals surface area contributed by atoms with Crippen molar-refractivity contribution in [1.82, 2.24) is 4.98 Å². The maximum Gasteiger partial charge on any atom is 0.339 e. The standard InChI is InChI=1S/C14H22N2O3/c1-10(2)6-8-19-9-7-15-13-12(14(17)18)5-4-11(3)16-13/h4-5,10H,6-9H2,1-3H3,(H,15,16)(H,17,18). The van der Waals surface area contributed by atoms with Crippen LogP contribution in [0.5, 0.6) is 0 Å². The third kappa shape index (κ3) is 5.70. The van der Waals surface area contributed by atoms with Crippen molar-refractivity contribution >= 4 is 11.8 Å². The van der Waals surface area contributed by atoms with Gasteiger partial charge in [0.15, 0.2) is 0 Å². The number of carbonyl (C=O) groups is 1. The first kappa shape index (κ1) is 15.4. The predicted octanol–water partition coefficient (Wildman–Crippen LogP) is 2.56. The minimum Gasteiger partial charge on any atom is -0.478 e. The fourth-order valence-corrected chi connectivity index (χ4v) is 1.53. The summed E-state index contributed by atoms with van der Waals surface area (Å²) in [7, 11) is 0. The van der Waals surface area contributed by atoms with Crippen LogP contribution in [-0.2, 0) is 4.74 Å². The molecule has 1 aromatic rings. The zero-order valence-electron chi connectivity index (χ0n) is 11.8. The van der Waals surface area contributed by atoms with Gasteiger partial charge in [-0.1, -0.05) is 13.8 Å². The van der Waals surface area contributed by atoms with Crippen LogP contribution < -0.4 is 5.32 Å². The maximum atomic E-state index is 11.0. The van der Waals surface area contributed by atoms with Crippen LogP contribution >= 0.6 is 0 Å². The summed E-state index contributed by atoms with van der Waals surface area (Å²) in [6.45, 7) is 7.95. The Balaban J connectivity index is 2.40. The number of nitrogens with one attached hydrogen (secondary N) is 1. The minimum absolute atomic E-state index is 0.188. The zero-order valence-corrected chi connectivity index (χ0v) is 11.8. The monoisotopic (exact) mass is 266 g/mol. The maximum absolute atomic E-state index is 11.0. The summed E-state index contributed by atoms with van der Waals surface area (Å²) in [5.74, 6) is 0.0562.